The normalized spacial score (nSPS) is 11.3. The molecule has 0 atom stereocenters. The van der Waals surface area contributed by atoms with Crippen LogP contribution in [0.3, 0.4) is 0 Å². The molecule has 0 spiro atoms. The molecule has 126 valence electrons. The Balaban J connectivity index is 2.15. The molecule has 3 heterocycles. The van der Waals surface area contributed by atoms with E-state index in [0.717, 1.165) is 4.57 Å². The number of H-pyrrole nitrogens is 1. The maximum atomic E-state index is 14.4. The smallest absolute Gasteiger partial charge is 0.268 e. The largest absolute Gasteiger partial charge is 0.382 e. The molecule has 9 heteroatoms. The highest BCUT2D eigenvalue weighted by atomic mass is 35.5. The summed E-state index contributed by atoms with van der Waals surface area (Å²) in [7, 11) is 1.77. The Morgan fingerprint density at radius 2 is 2.12 bits per heavy atom. The minimum Gasteiger partial charge on any atom is -0.382 e. The van der Waals surface area contributed by atoms with E-state index in [1.165, 1.54) is 24.4 Å². The van der Waals surface area contributed by atoms with Gasteiger partial charge in [-0.25, -0.2) is 4.39 Å². The lowest BCUT2D eigenvalue weighted by Gasteiger charge is -2.11. The van der Waals surface area contributed by atoms with Gasteiger partial charge in [-0.05, 0) is 18.2 Å². The molecule has 0 aliphatic heterocycles. The van der Waals surface area contributed by atoms with E-state index < -0.39 is 11.4 Å². The Morgan fingerprint density at radius 1 is 1.32 bits per heavy atom. The van der Waals surface area contributed by atoms with Gasteiger partial charge < -0.3 is 5.73 Å². The zero-order chi connectivity index (χ0) is 17.7. The van der Waals surface area contributed by atoms with E-state index in [-0.39, 0.29) is 21.9 Å². The van der Waals surface area contributed by atoms with Crippen molar-refractivity contribution in [1.82, 2.24) is 24.5 Å². The number of nitrogen functional groups attached to an aromatic ring is 1. The topological polar surface area (TPSA) is 94.5 Å². The van der Waals surface area contributed by atoms with Gasteiger partial charge in [0.15, 0.2) is 5.82 Å². The summed E-state index contributed by atoms with van der Waals surface area (Å²) < 4.78 is 17.1. The predicted octanol–water partition coefficient (Wildman–Crippen LogP) is 2.49. The summed E-state index contributed by atoms with van der Waals surface area (Å²) in [5.41, 5.74) is 6.85. The zero-order valence-electron chi connectivity index (χ0n) is 13.0. The van der Waals surface area contributed by atoms with E-state index in [1.54, 1.807) is 24.0 Å². The van der Waals surface area contributed by atoms with Crippen LogP contribution in [0.5, 0.6) is 0 Å². The quantitative estimate of drug-likeness (QED) is 0.575. The van der Waals surface area contributed by atoms with Crippen molar-refractivity contribution in [2.24, 2.45) is 7.05 Å². The number of pyridine rings is 1. The van der Waals surface area contributed by atoms with Crippen molar-refractivity contribution in [3.8, 4) is 16.9 Å². The molecule has 0 aliphatic rings. The summed E-state index contributed by atoms with van der Waals surface area (Å²) in [6.07, 6.45) is 3.24. The van der Waals surface area contributed by atoms with Gasteiger partial charge in [0, 0.05) is 25.0 Å². The van der Waals surface area contributed by atoms with Crippen LogP contribution in [0.15, 0.2) is 41.5 Å². The van der Waals surface area contributed by atoms with Crippen molar-refractivity contribution >= 4 is 28.3 Å². The van der Waals surface area contributed by atoms with Crippen LogP contribution in [0, 0.1) is 5.82 Å². The maximum absolute atomic E-state index is 14.4. The van der Waals surface area contributed by atoms with Crippen LogP contribution in [0.2, 0.25) is 5.02 Å². The second-order valence-electron chi connectivity index (χ2n) is 5.52. The Bertz CT molecular complexity index is 1160. The Hall–Kier alpha value is -3.13. The third kappa shape index (κ3) is 2.30. The summed E-state index contributed by atoms with van der Waals surface area (Å²) in [5, 5.41) is 11.3. The minimum atomic E-state index is -0.622. The van der Waals surface area contributed by atoms with Crippen LogP contribution in [0.25, 0.3) is 27.8 Å². The van der Waals surface area contributed by atoms with Crippen LogP contribution in [0.1, 0.15) is 0 Å². The van der Waals surface area contributed by atoms with Gasteiger partial charge in [0.2, 0.25) is 0 Å². The highest BCUT2D eigenvalue weighted by molar-refractivity contribution is 6.32. The third-order valence-electron chi connectivity index (χ3n) is 3.92. The molecule has 3 aromatic heterocycles. The van der Waals surface area contributed by atoms with Gasteiger partial charge in [-0.2, -0.15) is 10.2 Å². The van der Waals surface area contributed by atoms with Gasteiger partial charge in [-0.3, -0.25) is 19.1 Å². The number of fused-ring (bicyclic) bond motifs is 1. The van der Waals surface area contributed by atoms with E-state index in [0.29, 0.717) is 16.8 Å². The van der Waals surface area contributed by atoms with Gasteiger partial charge in [0.25, 0.3) is 5.56 Å². The number of halogens is 2. The second kappa shape index (κ2) is 5.45. The number of para-hydroxylation sites is 1. The highest BCUT2D eigenvalue weighted by Gasteiger charge is 2.20. The number of nitrogens with zero attached hydrogens (tertiary/aromatic N) is 4. The summed E-state index contributed by atoms with van der Waals surface area (Å²) in [5.74, 6) is -0.595. The van der Waals surface area contributed by atoms with Crippen molar-refractivity contribution in [3.63, 3.8) is 0 Å². The lowest BCUT2D eigenvalue weighted by Crippen LogP contribution is -2.20. The first-order chi connectivity index (χ1) is 12.0. The van der Waals surface area contributed by atoms with Crippen LogP contribution in [-0.4, -0.2) is 24.5 Å². The molecule has 0 saturated carbocycles. The van der Waals surface area contributed by atoms with Crippen molar-refractivity contribution in [2.75, 3.05) is 5.73 Å². The average Bonchev–Trinajstić information content (AvgIpc) is 3.16. The molecular formula is C16H12ClFN6O. The molecule has 0 amide bonds. The molecule has 0 unspecified atom stereocenters. The van der Waals surface area contributed by atoms with Crippen molar-refractivity contribution < 1.29 is 4.39 Å². The summed E-state index contributed by atoms with van der Waals surface area (Å²) in [6.45, 7) is 0. The van der Waals surface area contributed by atoms with Crippen LogP contribution in [0.4, 0.5) is 10.2 Å². The van der Waals surface area contributed by atoms with E-state index in [9.17, 15) is 9.18 Å². The lowest BCUT2D eigenvalue weighted by molar-refractivity contribution is 0.617. The van der Waals surface area contributed by atoms with Crippen LogP contribution in [-0.2, 0) is 7.05 Å². The van der Waals surface area contributed by atoms with Gasteiger partial charge in [-0.1, -0.05) is 17.7 Å². The molecule has 0 radical (unpaired) electrons. The minimum absolute atomic E-state index is 0.0268. The standard InChI is InChI=1S/C16H12ClFN6O/c1-23-6-5-11(22-23)8-7-24(14-9(17)3-2-4-10(14)18)16(25)12-13(8)20-21-15(12)19/h2-7H,1H3,(H3,19,20,21). The lowest BCUT2D eigenvalue weighted by atomic mass is 10.1. The number of aromatic amines is 1. The Labute approximate surface area is 145 Å². The first kappa shape index (κ1) is 15.4. The molecule has 25 heavy (non-hydrogen) atoms. The van der Waals surface area contributed by atoms with Crippen molar-refractivity contribution in [3.05, 3.63) is 57.9 Å². The molecular weight excluding hydrogens is 347 g/mol. The number of aryl methyl sites for hydroxylation is 1. The van der Waals surface area contributed by atoms with E-state index in [4.69, 9.17) is 17.3 Å². The molecule has 4 aromatic rings. The monoisotopic (exact) mass is 358 g/mol. The van der Waals surface area contributed by atoms with Gasteiger partial charge in [0.05, 0.1) is 16.2 Å². The molecule has 1 aromatic carbocycles. The summed E-state index contributed by atoms with van der Waals surface area (Å²) in [6, 6.07) is 5.98. The molecule has 0 fully saturated rings. The van der Waals surface area contributed by atoms with E-state index >= 15 is 0 Å². The zero-order valence-corrected chi connectivity index (χ0v) is 13.8. The Morgan fingerprint density at radius 3 is 2.80 bits per heavy atom. The summed E-state index contributed by atoms with van der Waals surface area (Å²) >= 11 is 6.13. The summed E-state index contributed by atoms with van der Waals surface area (Å²) in [4.78, 5) is 12.9. The Kier molecular flexibility index (Phi) is 3.36. The number of nitrogens with two attached hydrogens (primary N) is 1. The van der Waals surface area contributed by atoms with Crippen molar-refractivity contribution in [2.45, 2.75) is 0 Å². The number of hydrogen-bond acceptors (Lipinski definition) is 4. The fourth-order valence-corrected chi connectivity index (χ4v) is 3.03. The number of aromatic nitrogens is 5. The van der Waals surface area contributed by atoms with Gasteiger partial charge in [0.1, 0.15) is 16.9 Å². The molecule has 0 aliphatic carbocycles. The first-order valence-electron chi connectivity index (χ1n) is 7.31. The fraction of sp³-hybridized carbons (Fsp3) is 0.0625. The number of benzene rings is 1. The highest BCUT2D eigenvalue weighted by Crippen LogP contribution is 2.29. The molecule has 0 bridgehead atoms. The number of anilines is 1. The SMILES string of the molecule is Cn1ccc(-c2cn(-c3c(F)cccc3Cl)c(=O)c3c(N)n[nH]c23)n1. The van der Waals surface area contributed by atoms with E-state index in [1.807, 2.05) is 0 Å². The molecule has 7 nitrogen and oxygen atoms in total. The molecule has 0 saturated heterocycles. The molecule has 4 rings (SSSR count). The molecule has 3 N–H and O–H groups in total. The second-order valence-corrected chi connectivity index (χ2v) is 5.93. The van der Waals surface area contributed by atoms with Gasteiger partial charge >= 0.3 is 0 Å². The van der Waals surface area contributed by atoms with Crippen molar-refractivity contribution in [1.29, 1.82) is 0 Å². The number of nitrogens with one attached hydrogen (secondary N) is 1. The predicted molar refractivity (Wildman–Crippen MR) is 93.3 cm³/mol. The third-order valence-corrected chi connectivity index (χ3v) is 4.23. The maximum Gasteiger partial charge on any atom is 0.268 e. The van der Waals surface area contributed by atoms with Crippen LogP contribution >= 0.6 is 11.6 Å². The fourth-order valence-electron chi connectivity index (χ4n) is 2.78. The van der Waals surface area contributed by atoms with Crippen LogP contribution < -0.4 is 11.3 Å². The number of hydrogen-bond donors (Lipinski definition) is 2. The van der Waals surface area contributed by atoms with Gasteiger partial charge in [-0.15, -0.1) is 0 Å². The first-order valence-corrected chi connectivity index (χ1v) is 7.69. The van der Waals surface area contributed by atoms with E-state index in [2.05, 4.69) is 15.3 Å². The average molecular weight is 359 g/mol. The number of rotatable bonds is 2.